The summed E-state index contributed by atoms with van der Waals surface area (Å²) in [6.07, 6.45) is -1.49. The Morgan fingerprint density at radius 2 is 1.80 bits per heavy atom. The van der Waals surface area contributed by atoms with E-state index in [9.17, 15) is 44.7 Å². The summed E-state index contributed by atoms with van der Waals surface area (Å²) in [5.41, 5.74) is -3.14. The van der Waals surface area contributed by atoms with Gasteiger partial charge in [0, 0.05) is 12.0 Å². The molecule has 7 rings (SSSR count). The van der Waals surface area contributed by atoms with E-state index in [1.807, 2.05) is 0 Å². The number of phenols is 2. The van der Waals surface area contributed by atoms with E-state index in [4.69, 9.17) is 9.47 Å². The zero-order chi connectivity index (χ0) is 31.9. The van der Waals surface area contributed by atoms with Gasteiger partial charge < -0.3 is 39.7 Å². The summed E-state index contributed by atoms with van der Waals surface area (Å²) in [4.78, 5) is 52.4. The molecule has 4 aliphatic carbocycles. The molecule has 44 heavy (non-hydrogen) atoms. The van der Waals surface area contributed by atoms with Crippen LogP contribution in [0.25, 0.3) is 5.76 Å². The van der Waals surface area contributed by atoms with Crippen LogP contribution in [-0.2, 0) is 30.3 Å². The van der Waals surface area contributed by atoms with Crippen molar-refractivity contribution in [2.45, 2.75) is 56.3 Å². The highest BCUT2D eigenvalue weighted by Crippen LogP contribution is 2.61. The Kier molecular flexibility index (Phi) is 6.63. The SMILES string of the molecule is COC(=O)CC[C@H](O)[C@]1(C(=O)OC)CC(=O)c2c(cc3c(c2O)[C@@H]2C=C[C@]4(C3)C(=C(O)c3c(O)cc(C)cc3[C@@H]4O)C2=O)O1. The molecule has 0 saturated heterocycles. The first-order valence-electron chi connectivity index (χ1n) is 13.9. The summed E-state index contributed by atoms with van der Waals surface area (Å²) in [5.74, 6) is -5.96. The topological polar surface area (TPSA) is 197 Å². The minimum atomic E-state index is -2.26. The van der Waals surface area contributed by atoms with Crippen LogP contribution in [0.2, 0.25) is 0 Å². The molecular formula is C32H30O12. The van der Waals surface area contributed by atoms with E-state index in [-0.39, 0.29) is 64.2 Å². The van der Waals surface area contributed by atoms with E-state index in [0.717, 1.165) is 14.2 Å². The Morgan fingerprint density at radius 1 is 1.07 bits per heavy atom. The maximum Gasteiger partial charge on any atom is 0.353 e. The highest BCUT2D eigenvalue weighted by molar-refractivity contribution is 6.13. The number of fused-ring (bicyclic) bond motifs is 2. The summed E-state index contributed by atoms with van der Waals surface area (Å²) >= 11 is 0. The molecule has 230 valence electrons. The fourth-order valence-electron chi connectivity index (χ4n) is 7.16. The summed E-state index contributed by atoms with van der Waals surface area (Å²) in [6.45, 7) is 1.70. The number of aromatic hydroxyl groups is 2. The number of hydrogen-bond acceptors (Lipinski definition) is 12. The van der Waals surface area contributed by atoms with Gasteiger partial charge in [0.15, 0.2) is 11.6 Å². The summed E-state index contributed by atoms with van der Waals surface area (Å²) in [7, 11) is 2.21. The zero-order valence-corrected chi connectivity index (χ0v) is 24.0. The molecule has 1 heterocycles. The monoisotopic (exact) mass is 606 g/mol. The maximum absolute atomic E-state index is 14.0. The molecule has 2 aromatic rings. The second-order valence-electron chi connectivity index (χ2n) is 11.7. The lowest BCUT2D eigenvalue weighted by atomic mass is 9.61. The van der Waals surface area contributed by atoms with E-state index in [1.54, 1.807) is 19.1 Å². The number of allylic oxidation sites excluding steroid dienone is 1. The Morgan fingerprint density at radius 3 is 2.48 bits per heavy atom. The molecule has 2 bridgehead atoms. The van der Waals surface area contributed by atoms with Gasteiger partial charge in [0.05, 0.1) is 49.2 Å². The number of hydrogen-bond donors (Lipinski definition) is 5. The summed E-state index contributed by atoms with van der Waals surface area (Å²) in [5, 5.41) is 56.4. The largest absolute Gasteiger partial charge is 0.507 e. The van der Waals surface area contributed by atoms with Crippen LogP contribution in [0.5, 0.6) is 17.2 Å². The highest BCUT2D eigenvalue weighted by Gasteiger charge is 2.58. The number of phenolic OH excluding ortho intramolecular Hbond substituents is 2. The lowest BCUT2D eigenvalue weighted by molar-refractivity contribution is -0.172. The average Bonchev–Trinajstić information content (AvgIpc) is 3.21. The van der Waals surface area contributed by atoms with Crippen molar-refractivity contribution in [1.82, 2.24) is 0 Å². The second kappa shape index (κ2) is 9.93. The lowest BCUT2D eigenvalue weighted by Crippen LogP contribution is -2.58. The molecule has 1 spiro atoms. The van der Waals surface area contributed by atoms with E-state index in [2.05, 4.69) is 4.74 Å². The molecule has 12 nitrogen and oxygen atoms in total. The first-order chi connectivity index (χ1) is 20.8. The number of esters is 2. The number of ether oxygens (including phenoxy) is 3. The molecule has 0 unspecified atom stereocenters. The zero-order valence-electron chi connectivity index (χ0n) is 24.0. The molecule has 1 aliphatic heterocycles. The van der Waals surface area contributed by atoms with Gasteiger partial charge in [0.2, 0.25) is 5.60 Å². The van der Waals surface area contributed by atoms with E-state index >= 15 is 0 Å². The highest BCUT2D eigenvalue weighted by atomic mass is 16.6. The van der Waals surface area contributed by atoms with Crippen LogP contribution >= 0.6 is 0 Å². The van der Waals surface area contributed by atoms with Crippen molar-refractivity contribution < 1.29 is 58.9 Å². The van der Waals surface area contributed by atoms with E-state index in [0.29, 0.717) is 5.56 Å². The van der Waals surface area contributed by atoms with Gasteiger partial charge in [0.1, 0.15) is 34.7 Å². The number of aliphatic hydroxyl groups is 3. The van der Waals surface area contributed by atoms with Gasteiger partial charge in [-0.15, -0.1) is 0 Å². The first kappa shape index (κ1) is 29.4. The smallest absolute Gasteiger partial charge is 0.353 e. The Bertz CT molecular complexity index is 1730. The van der Waals surface area contributed by atoms with Crippen LogP contribution in [0.15, 0.2) is 35.9 Å². The van der Waals surface area contributed by atoms with Gasteiger partial charge >= 0.3 is 11.9 Å². The standard InChI is InChI=1S/C32H30O12/c1-13-8-16-23(17(33)9-13)28(39)25-26(37)15-6-7-31(25,29(16)40)11-14-10-19-24(27(38)22(14)15)18(34)12-32(44-19,30(41)43-3)20(35)4-5-21(36)42-2/h6-10,15,20,29,33,35,38-40H,4-5,11-12H2,1-3H3/t15-,20-,29-,31-,32-/m0/s1. The van der Waals surface area contributed by atoms with Crippen LogP contribution in [0.1, 0.15) is 69.5 Å². The number of benzene rings is 2. The molecule has 0 amide bonds. The van der Waals surface area contributed by atoms with Crippen LogP contribution in [0.4, 0.5) is 0 Å². The van der Waals surface area contributed by atoms with E-state index < -0.39 is 70.6 Å². The van der Waals surface area contributed by atoms with Gasteiger partial charge in [-0.1, -0.05) is 18.2 Å². The summed E-state index contributed by atoms with van der Waals surface area (Å²) < 4.78 is 15.5. The van der Waals surface area contributed by atoms with Gasteiger partial charge in [-0.3, -0.25) is 14.4 Å². The van der Waals surface area contributed by atoms with Crippen LogP contribution in [-0.4, -0.2) is 75.0 Å². The number of aliphatic hydroxyl groups excluding tert-OH is 3. The normalized spacial score (nSPS) is 26.9. The number of aryl methyl sites for hydroxylation is 1. The van der Waals surface area contributed by atoms with Crippen LogP contribution in [0.3, 0.4) is 0 Å². The lowest BCUT2D eigenvalue weighted by Gasteiger charge is -2.43. The number of carbonyl (C=O) groups is 4. The Labute approximate surface area is 250 Å². The van der Waals surface area contributed by atoms with Crippen molar-refractivity contribution >= 4 is 29.3 Å². The third-order valence-electron chi connectivity index (χ3n) is 9.23. The van der Waals surface area contributed by atoms with Gasteiger partial charge in [0.25, 0.3) is 0 Å². The third-order valence-corrected chi connectivity index (χ3v) is 9.23. The van der Waals surface area contributed by atoms with Crippen molar-refractivity contribution in [3.63, 3.8) is 0 Å². The van der Waals surface area contributed by atoms with Gasteiger partial charge in [-0.25, -0.2) is 4.79 Å². The van der Waals surface area contributed by atoms with Crippen molar-refractivity contribution in [2.24, 2.45) is 5.41 Å². The van der Waals surface area contributed by atoms with Crippen molar-refractivity contribution in [3.05, 3.63) is 69.3 Å². The fraction of sp³-hybridized carbons (Fsp3) is 0.375. The quantitative estimate of drug-likeness (QED) is 0.246. The fourth-order valence-corrected chi connectivity index (χ4v) is 7.16. The van der Waals surface area contributed by atoms with Crippen molar-refractivity contribution in [2.75, 3.05) is 14.2 Å². The minimum absolute atomic E-state index is 0.0621. The molecule has 2 aromatic carbocycles. The molecule has 12 heteroatoms. The molecule has 5 N–H and O–H groups in total. The molecule has 0 fully saturated rings. The molecule has 5 aliphatic rings. The predicted octanol–water partition coefficient (Wildman–Crippen LogP) is 2.38. The number of rotatable bonds is 5. The molecular weight excluding hydrogens is 576 g/mol. The molecule has 5 atom stereocenters. The molecule has 0 radical (unpaired) electrons. The Balaban J connectivity index is 1.51. The molecule has 0 saturated carbocycles. The Hall–Kier alpha value is -4.68. The average molecular weight is 607 g/mol. The van der Waals surface area contributed by atoms with Gasteiger partial charge in [-0.05, 0) is 48.6 Å². The van der Waals surface area contributed by atoms with Gasteiger partial charge in [-0.2, -0.15) is 0 Å². The number of methoxy groups -OCH3 is 2. The first-order valence-corrected chi connectivity index (χ1v) is 13.9. The van der Waals surface area contributed by atoms with Crippen molar-refractivity contribution in [1.29, 1.82) is 0 Å². The number of ketones is 2. The minimum Gasteiger partial charge on any atom is -0.507 e. The predicted molar refractivity (Wildman–Crippen MR) is 150 cm³/mol. The van der Waals surface area contributed by atoms with Crippen LogP contribution in [0, 0.1) is 12.3 Å². The van der Waals surface area contributed by atoms with E-state index in [1.165, 1.54) is 18.2 Å². The second-order valence-corrected chi connectivity index (χ2v) is 11.7. The summed E-state index contributed by atoms with van der Waals surface area (Å²) in [6, 6.07) is 4.38. The number of Topliss-reactive ketones (excluding diaryl/α,β-unsaturated/α-hetero) is 2. The molecule has 0 aromatic heterocycles. The number of carbonyl (C=O) groups excluding carboxylic acids is 4. The third kappa shape index (κ3) is 3.83. The van der Waals surface area contributed by atoms with Crippen molar-refractivity contribution in [3.8, 4) is 17.2 Å². The maximum atomic E-state index is 14.0. The van der Waals surface area contributed by atoms with Crippen LogP contribution < -0.4 is 4.74 Å².